The predicted octanol–water partition coefficient (Wildman–Crippen LogP) is 15.8. The summed E-state index contributed by atoms with van der Waals surface area (Å²) in [6.07, 6.45) is 0. The van der Waals surface area contributed by atoms with Crippen molar-refractivity contribution in [2.24, 2.45) is 0 Å². The maximum absolute atomic E-state index is 2.44. The minimum Gasteiger partial charge on any atom is -0.310 e. The highest BCUT2D eigenvalue weighted by molar-refractivity contribution is 7.26. The Hall–Kier alpha value is -6.72. The van der Waals surface area contributed by atoms with Crippen LogP contribution < -0.4 is 4.90 Å². The molecule has 0 unspecified atom stereocenters. The van der Waals surface area contributed by atoms with Crippen LogP contribution in [0.3, 0.4) is 0 Å². The number of fused-ring (bicyclic) bond motifs is 11. The fraction of sp³-hybridized carbons (Fsp3) is 0. The van der Waals surface area contributed by atoms with Crippen LogP contribution in [0.15, 0.2) is 194 Å². The summed E-state index contributed by atoms with van der Waals surface area (Å²) < 4.78 is 7.72. The first kappa shape index (κ1) is 31.6. The van der Waals surface area contributed by atoms with E-state index < -0.39 is 0 Å². The lowest BCUT2D eigenvalue weighted by molar-refractivity contribution is 1.18. The molecule has 262 valence electrons. The molecule has 4 heteroatoms. The lowest BCUT2D eigenvalue weighted by atomic mass is 9.99. The third-order valence-corrected chi connectivity index (χ3v) is 13.6. The molecule has 0 amide bonds. The summed E-state index contributed by atoms with van der Waals surface area (Å²) in [6, 6.07) is 71.4. The third-order valence-electron chi connectivity index (χ3n) is 11.4. The molecule has 3 heterocycles. The smallest absolute Gasteiger partial charge is 0.0547 e. The van der Waals surface area contributed by atoms with Gasteiger partial charge in [0.1, 0.15) is 0 Å². The van der Waals surface area contributed by atoms with Crippen molar-refractivity contribution in [2.45, 2.75) is 0 Å². The second kappa shape index (κ2) is 12.4. The molecule has 0 aliphatic heterocycles. The molecule has 9 aromatic carbocycles. The molecule has 0 saturated heterocycles. The van der Waals surface area contributed by atoms with Crippen molar-refractivity contribution >= 4 is 113 Å². The Morgan fingerprint density at radius 3 is 1.79 bits per heavy atom. The number of anilines is 3. The van der Waals surface area contributed by atoms with E-state index in [0.717, 1.165) is 17.1 Å². The fourth-order valence-corrected chi connectivity index (χ4v) is 11.0. The highest BCUT2D eigenvalue weighted by Gasteiger charge is 2.18. The molecular formula is C52H32N2S2. The average Bonchev–Trinajstić information content (AvgIpc) is 3.93. The Kier molecular flexibility index (Phi) is 7.00. The van der Waals surface area contributed by atoms with Gasteiger partial charge in [-0.05, 0) is 113 Å². The number of para-hydroxylation sites is 2. The van der Waals surface area contributed by atoms with Crippen LogP contribution in [0.4, 0.5) is 17.1 Å². The summed E-state index contributed by atoms with van der Waals surface area (Å²) in [5.41, 5.74) is 9.41. The molecule has 0 aliphatic rings. The first-order valence-corrected chi connectivity index (χ1v) is 20.6. The Labute approximate surface area is 331 Å². The number of aromatic nitrogens is 1. The van der Waals surface area contributed by atoms with Crippen molar-refractivity contribution in [1.29, 1.82) is 0 Å². The number of thiophene rings is 2. The maximum Gasteiger partial charge on any atom is 0.0547 e. The molecule has 0 saturated carbocycles. The van der Waals surface area contributed by atoms with Gasteiger partial charge in [-0.25, -0.2) is 0 Å². The zero-order valence-electron chi connectivity index (χ0n) is 30.2. The van der Waals surface area contributed by atoms with Crippen LogP contribution in [0.2, 0.25) is 0 Å². The molecule has 0 bridgehead atoms. The minimum atomic E-state index is 1.13. The Morgan fingerprint density at radius 1 is 0.339 bits per heavy atom. The summed E-state index contributed by atoms with van der Waals surface area (Å²) in [5.74, 6) is 0. The number of hydrogen-bond donors (Lipinski definition) is 0. The van der Waals surface area contributed by atoms with E-state index >= 15 is 0 Å². The van der Waals surface area contributed by atoms with Crippen molar-refractivity contribution in [3.63, 3.8) is 0 Å². The van der Waals surface area contributed by atoms with Crippen LogP contribution in [0.1, 0.15) is 0 Å². The van der Waals surface area contributed by atoms with Gasteiger partial charge in [-0.15, -0.1) is 22.7 Å². The summed E-state index contributed by atoms with van der Waals surface area (Å²) in [7, 11) is 0. The normalized spacial score (nSPS) is 11.9. The van der Waals surface area contributed by atoms with Gasteiger partial charge in [-0.2, -0.15) is 0 Å². The largest absolute Gasteiger partial charge is 0.310 e. The van der Waals surface area contributed by atoms with Crippen molar-refractivity contribution in [3.8, 4) is 16.8 Å². The van der Waals surface area contributed by atoms with E-state index in [1.165, 1.54) is 89.7 Å². The number of nitrogens with zero attached hydrogens (tertiary/aromatic N) is 2. The molecule has 0 atom stereocenters. The number of rotatable bonds is 5. The molecule has 0 spiro atoms. The van der Waals surface area contributed by atoms with Gasteiger partial charge in [0.2, 0.25) is 0 Å². The van der Waals surface area contributed by atoms with Crippen LogP contribution in [-0.2, 0) is 0 Å². The highest BCUT2D eigenvalue weighted by atomic mass is 32.1. The van der Waals surface area contributed by atoms with Crippen molar-refractivity contribution < 1.29 is 0 Å². The van der Waals surface area contributed by atoms with Gasteiger partial charge in [0.25, 0.3) is 0 Å². The molecule has 12 rings (SSSR count). The van der Waals surface area contributed by atoms with Crippen molar-refractivity contribution in [1.82, 2.24) is 4.57 Å². The zero-order chi connectivity index (χ0) is 36.7. The van der Waals surface area contributed by atoms with Crippen LogP contribution in [0, 0.1) is 0 Å². The summed E-state index contributed by atoms with van der Waals surface area (Å²) in [5, 5.41) is 10.4. The Bertz CT molecular complexity index is 3460. The molecule has 2 nitrogen and oxygen atoms in total. The van der Waals surface area contributed by atoms with Crippen LogP contribution in [0.25, 0.3) is 89.7 Å². The van der Waals surface area contributed by atoms with Gasteiger partial charge in [0, 0.05) is 73.9 Å². The first-order chi connectivity index (χ1) is 27.7. The third kappa shape index (κ3) is 4.86. The molecule has 0 aliphatic carbocycles. The first-order valence-electron chi connectivity index (χ1n) is 19.0. The topological polar surface area (TPSA) is 8.17 Å². The number of hydrogen-bond acceptors (Lipinski definition) is 3. The van der Waals surface area contributed by atoms with E-state index in [-0.39, 0.29) is 0 Å². The quantitative estimate of drug-likeness (QED) is 0.170. The summed E-state index contributed by atoms with van der Waals surface area (Å²) in [4.78, 5) is 2.36. The van der Waals surface area contributed by atoms with Gasteiger partial charge >= 0.3 is 0 Å². The van der Waals surface area contributed by atoms with E-state index in [1.807, 2.05) is 22.7 Å². The molecule has 0 fully saturated rings. The van der Waals surface area contributed by atoms with Crippen molar-refractivity contribution in [2.75, 3.05) is 4.90 Å². The molecular weight excluding hydrogens is 717 g/mol. The van der Waals surface area contributed by atoms with Crippen LogP contribution in [-0.4, -0.2) is 4.57 Å². The Morgan fingerprint density at radius 2 is 0.964 bits per heavy atom. The second-order valence-electron chi connectivity index (χ2n) is 14.5. The minimum absolute atomic E-state index is 1.13. The van der Waals surface area contributed by atoms with Gasteiger partial charge in [0.05, 0.1) is 11.0 Å². The molecule has 12 aromatic rings. The maximum atomic E-state index is 2.44. The molecule has 56 heavy (non-hydrogen) atoms. The Balaban J connectivity index is 1.00. The highest BCUT2D eigenvalue weighted by Crippen LogP contribution is 2.44. The zero-order valence-corrected chi connectivity index (χ0v) is 31.8. The van der Waals surface area contributed by atoms with E-state index in [4.69, 9.17) is 0 Å². The summed E-state index contributed by atoms with van der Waals surface area (Å²) in [6.45, 7) is 0. The van der Waals surface area contributed by atoms with E-state index in [9.17, 15) is 0 Å². The SMILES string of the molecule is c1ccc(N(c2ccc(-c3ccc4c(c3)c3cc5ccc6sc7ccccc7c6c5cc3n4-c3ccccc3)cc2)c2ccc3c(c2)sc2ccccc23)cc1. The molecule has 3 aromatic heterocycles. The molecule has 0 radical (unpaired) electrons. The molecule has 0 N–H and O–H groups in total. The lowest BCUT2D eigenvalue weighted by Crippen LogP contribution is -2.09. The van der Waals surface area contributed by atoms with Crippen LogP contribution in [0.5, 0.6) is 0 Å². The number of benzene rings is 9. The monoisotopic (exact) mass is 748 g/mol. The lowest BCUT2D eigenvalue weighted by Gasteiger charge is -2.25. The van der Waals surface area contributed by atoms with Gasteiger partial charge in [-0.3, -0.25) is 0 Å². The van der Waals surface area contributed by atoms with Crippen LogP contribution >= 0.6 is 22.7 Å². The second-order valence-corrected chi connectivity index (χ2v) is 16.7. The fourth-order valence-electron chi connectivity index (χ4n) is 8.78. The summed E-state index contributed by atoms with van der Waals surface area (Å²) >= 11 is 3.74. The predicted molar refractivity (Wildman–Crippen MR) is 244 cm³/mol. The standard InChI is InChI=1S/C52H32N2S2/c1-3-11-36(12-4-1)53(39-25-26-41-40-15-7-9-17-48(40)56-51(41)31-39)38-23-19-33(20-24-38)34-21-27-46-44(29-34)45-30-35-22-28-50-52(42-16-8-10-18-49(42)55-50)43(35)32-47(45)54(46)37-13-5-2-6-14-37/h1-32H. The van der Waals surface area contributed by atoms with E-state index in [0.29, 0.717) is 0 Å². The van der Waals surface area contributed by atoms with E-state index in [2.05, 4.69) is 204 Å². The van der Waals surface area contributed by atoms with Crippen molar-refractivity contribution in [3.05, 3.63) is 194 Å². The van der Waals surface area contributed by atoms with Gasteiger partial charge in [-0.1, -0.05) is 103 Å². The van der Waals surface area contributed by atoms with Gasteiger partial charge in [0.15, 0.2) is 0 Å². The van der Waals surface area contributed by atoms with E-state index in [1.54, 1.807) is 0 Å². The average molecular weight is 749 g/mol. The van der Waals surface area contributed by atoms with Gasteiger partial charge < -0.3 is 9.47 Å².